The molecule has 0 amide bonds. The standard InChI is InChI=1S/C24H18F4/c1-2-3-15-4-11-20-17(12-15)5-6-18-13-22(23(25)14-21(18)20)16-7-9-19(10-8-16)24(26,27)28/h4-14H,2-3H2,1H3. The van der Waals surface area contributed by atoms with E-state index >= 15 is 0 Å². The first-order valence-corrected chi connectivity index (χ1v) is 9.19. The molecule has 0 aliphatic heterocycles. The van der Waals surface area contributed by atoms with Crippen molar-refractivity contribution in [2.45, 2.75) is 25.9 Å². The van der Waals surface area contributed by atoms with Gasteiger partial charge in [-0.3, -0.25) is 0 Å². The van der Waals surface area contributed by atoms with E-state index in [0.29, 0.717) is 11.1 Å². The van der Waals surface area contributed by atoms with Gasteiger partial charge in [0, 0.05) is 5.56 Å². The van der Waals surface area contributed by atoms with Crippen LogP contribution in [0.1, 0.15) is 24.5 Å². The normalized spacial score (nSPS) is 12.0. The van der Waals surface area contributed by atoms with Gasteiger partial charge >= 0.3 is 6.18 Å². The molecule has 4 aromatic carbocycles. The van der Waals surface area contributed by atoms with Crippen LogP contribution in [0.3, 0.4) is 0 Å². The topological polar surface area (TPSA) is 0 Å². The van der Waals surface area contributed by atoms with Gasteiger partial charge in [-0.25, -0.2) is 4.39 Å². The zero-order valence-electron chi connectivity index (χ0n) is 15.3. The maximum atomic E-state index is 14.8. The highest BCUT2D eigenvalue weighted by atomic mass is 19.4. The van der Waals surface area contributed by atoms with Gasteiger partial charge in [-0.2, -0.15) is 13.2 Å². The Morgan fingerprint density at radius 3 is 2.07 bits per heavy atom. The molecule has 0 spiro atoms. The summed E-state index contributed by atoms with van der Waals surface area (Å²) in [7, 11) is 0. The van der Waals surface area contributed by atoms with Gasteiger partial charge in [0.1, 0.15) is 5.82 Å². The van der Waals surface area contributed by atoms with Crippen molar-refractivity contribution >= 4 is 21.5 Å². The van der Waals surface area contributed by atoms with Crippen LogP contribution in [-0.2, 0) is 12.6 Å². The molecule has 0 nitrogen and oxygen atoms in total. The number of rotatable bonds is 3. The van der Waals surface area contributed by atoms with Crippen molar-refractivity contribution in [2.24, 2.45) is 0 Å². The predicted molar refractivity (Wildman–Crippen MR) is 106 cm³/mol. The highest BCUT2D eigenvalue weighted by Gasteiger charge is 2.30. The Hall–Kier alpha value is -2.88. The van der Waals surface area contributed by atoms with E-state index < -0.39 is 17.6 Å². The Balaban J connectivity index is 1.82. The van der Waals surface area contributed by atoms with Crippen molar-refractivity contribution in [1.82, 2.24) is 0 Å². The van der Waals surface area contributed by atoms with E-state index in [0.717, 1.165) is 46.5 Å². The molecule has 0 saturated heterocycles. The Morgan fingerprint density at radius 2 is 1.43 bits per heavy atom. The number of halogens is 4. The average Bonchev–Trinajstić information content (AvgIpc) is 2.67. The van der Waals surface area contributed by atoms with Gasteiger partial charge in [-0.1, -0.05) is 55.8 Å². The van der Waals surface area contributed by atoms with Crippen molar-refractivity contribution in [3.05, 3.63) is 83.7 Å². The molecule has 28 heavy (non-hydrogen) atoms. The number of fused-ring (bicyclic) bond motifs is 3. The van der Waals surface area contributed by atoms with Crippen LogP contribution in [0.4, 0.5) is 17.6 Å². The Morgan fingerprint density at radius 1 is 0.750 bits per heavy atom. The third-order valence-electron chi connectivity index (χ3n) is 5.05. The molecule has 0 N–H and O–H groups in total. The van der Waals surface area contributed by atoms with E-state index in [2.05, 4.69) is 19.1 Å². The van der Waals surface area contributed by atoms with Gasteiger partial charge < -0.3 is 0 Å². The van der Waals surface area contributed by atoms with Crippen LogP contribution in [0, 0.1) is 5.82 Å². The van der Waals surface area contributed by atoms with E-state index in [9.17, 15) is 17.6 Å². The molecule has 0 bridgehead atoms. The lowest BCUT2D eigenvalue weighted by Gasteiger charge is -2.11. The Labute approximate surface area is 160 Å². The first-order valence-electron chi connectivity index (χ1n) is 9.19. The lowest BCUT2D eigenvalue weighted by molar-refractivity contribution is -0.137. The molecule has 0 fully saturated rings. The Bertz CT molecular complexity index is 1160. The minimum absolute atomic E-state index is 0.295. The number of benzene rings is 4. The summed E-state index contributed by atoms with van der Waals surface area (Å²) >= 11 is 0. The fourth-order valence-electron chi connectivity index (χ4n) is 3.64. The molecule has 0 aromatic heterocycles. The van der Waals surface area contributed by atoms with E-state index in [1.54, 1.807) is 6.07 Å². The maximum absolute atomic E-state index is 14.8. The second kappa shape index (κ2) is 6.93. The lowest BCUT2D eigenvalue weighted by Crippen LogP contribution is -2.04. The fraction of sp³-hybridized carbons (Fsp3) is 0.167. The summed E-state index contributed by atoms with van der Waals surface area (Å²) in [6, 6.07) is 17.9. The van der Waals surface area contributed by atoms with Crippen molar-refractivity contribution in [3.8, 4) is 11.1 Å². The van der Waals surface area contributed by atoms with Crippen LogP contribution >= 0.6 is 0 Å². The summed E-state index contributed by atoms with van der Waals surface area (Å²) in [6.45, 7) is 2.13. The molecule has 0 unspecified atom stereocenters. The third kappa shape index (κ3) is 3.35. The van der Waals surface area contributed by atoms with Crippen molar-refractivity contribution in [3.63, 3.8) is 0 Å². The molecule has 0 heterocycles. The first kappa shape index (κ1) is 18.5. The zero-order valence-corrected chi connectivity index (χ0v) is 15.3. The molecule has 0 aliphatic rings. The zero-order chi connectivity index (χ0) is 19.9. The van der Waals surface area contributed by atoms with Crippen LogP contribution in [0.25, 0.3) is 32.7 Å². The number of hydrogen-bond donors (Lipinski definition) is 0. The van der Waals surface area contributed by atoms with Crippen molar-refractivity contribution < 1.29 is 17.6 Å². The van der Waals surface area contributed by atoms with Crippen LogP contribution in [-0.4, -0.2) is 0 Å². The van der Waals surface area contributed by atoms with Gasteiger partial charge in [-0.05, 0) is 63.4 Å². The first-order chi connectivity index (χ1) is 13.4. The SMILES string of the molecule is CCCc1ccc2c(ccc3cc(-c4ccc(C(F)(F)F)cc4)c(F)cc32)c1. The van der Waals surface area contributed by atoms with Gasteiger partial charge in [-0.15, -0.1) is 0 Å². The highest BCUT2D eigenvalue weighted by Crippen LogP contribution is 2.34. The molecular formula is C24H18F4. The quantitative estimate of drug-likeness (QED) is 0.251. The molecule has 4 aromatic rings. The minimum atomic E-state index is -4.41. The average molecular weight is 382 g/mol. The summed E-state index contributed by atoms with van der Waals surface area (Å²) < 4.78 is 53.1. The summed E-state index contributed by atoms with van der Waals surface area (Å²) in [5.74, 6) is -0.447. The largest absolute Gasteiger partial charge is 0.416 e. The van der Waals surface area contributed by atoms with E-state index in [4.69, 9.17) is 0 Å². The van der Waals surface area contributed by atoms with Gasteiger partial charge in [0.05, 0.1) is 5.56 Å². The van der Waals surface area contributed by atoms with Crippen LogP contribution < -0.4 is 0 Å². The Kier molecular flexibility index (Phi) is 4.58. The monoisotopic (exact) mass is 382 g/mol. The van der Waals surface area contributed by atoms with Gasteiger partial charge in [0.2, 0.25) is 0 Å². The predicted octanol–water partition coefficient (Wildman–Crippen LogP) is 7.77. The molecule has 142 valence electrons. The van der Waals surface area contributed by atoms with Crippen LogP contribution in [0.15, 0.2) is 66.7 Å². The number of aryl methyl sites for hydroxylation is 1. The molecule has 0 saturated carbocycles. The highest BCUT2D eigenvalue weighted by molar-refractivity contribution is 6.08. The molecule has 0 atom stereocenters. The fourth-order valence-corrected chi connectivity index (χ4v) is 3.64. The van der Waals surface area contributed by atoms with Crippen LogP contribution in [0.2, 0.25) is 0 Å². The van der Waals surface area contributed by atoms with Crippen molar-refractivity contribution in [2.75, 3.05) is 0 Å². The molecule has 4 rings (SSSR count). The third-order valence-corrected chi connectivity index (χ3v) is 5.05. The summed E-state index contributed by atoms with van der Waals surface area (Å²) in [4.78, 5) is 0. The van der Waals surface area contributed by atoms with E-state index in [1.807, 2.05) is 18.2 Å². The summed E-state index contributed by atoms with van der Waals surface area (Å²) in [5, 5.41) is 3.68. The van der Waals surface area contributed by atoms with Gasteiger partial charge in [0.25, 0.3) is 0 Å². The second-order valence-corrected chi connectivity index (χ2v) is 7.00. The number of alkyl halides is 3. The summed E-state index contributed by atoms with van der Waals surface area (Å²) in [6.07, 6.45) is -2.35. The summed E-state index contributed by atoms with van der Waals surface area (Å²) in [5.41, 5.74) is 1.22. The van der Waals surface area contributed by atoms with Crippen LogP contribution in [0.5, 0.6) is 0 Å². The molecule has 0 aliphatic carbocycles. The molecule has 0 radical (unpaired) electrons. The lowest BCUT2D eigenvalue weighted by atomic mass is 9.95. The van der Waals surface area contributed by atoms with E-state index in [1.165, 1.54) is 23.8 Å². The number of hydrogen-bond acceptors (Lipinski definition) is 0. The minimum Gasteiger partial charge on any atom is -0.206 e. The smallest absolute Gasteiger partial charge is 0.206 e. The molecular weight excluding hydrogens is 364 g/mol. The molecule has 4 heteroatoms. The van der Waals surface area contributed by atoms with E-state index in [-0.39, 0.29) is 0 Å². The van der Waals surface area contributed by atoms with Gasteiger partial charge in [0.15, 0.2) is 0 Å². The van der Waals surface area contributed by atoms with Crippen molar-refractivity contribution in [1.29, 1.82) is 0 Å². The second-order valence-electron chi connectivity index (χ2n) is 7.00. The maximum Gasteiger partial charge on any atom is 0.416 e.